The van der Waals surface area contributed by atoms with Crippen LogP contribution in [0.15, 0.2) is 18.5 Å². The summed E-state index contributed by atoms with van der Waals surface area (Å²) in [4.78, 5) is 6.59. The van der Waals surface area contributed by atoms with E-state index in [1.165, 1.54) is 0 Å². The molecular formula is C12H19N5. The number of rotatable bonds is 5. The molecule has 0 aliphatic carbocycles. The van der Waals surface area contributed by atoms with E-state index in [2.05, 4.69) is 40.3 Å². The number of likely N-dealkylation sites (N-methyl/N-ethyl adjacent to an activating group) is 2. The van der Waals surface area contributed by atoms with Crippen LogP contribution < -0.4 is 10.2 Å². The Morgan fingerprint density at radius 3 is 3.06 bits per heavy atom. The Morgan fingerprint density at radius 1 is 1.47 bits per heavy atom. The van der Waals surface area contributed by atoms with Crippen LogP contribution >= 0.6 is 0 Å². The second kappa shape index (κ2) is 5.14. The van der Waals surface area contributed by atoms with Crippen molar-refractivity contribution in [3.05, 3.63) is 24.2 Å². The van der Waals surface area contributed by atoms with Crippen molar-refractivity contribution < 1.29 is 0 Å². The highest BCUT2D eigenvalue weighted by Crippen LogP contribution is 2.17. The Bertz CT molecular complexity index is 491. The monoisotopic (exact) mass is 233 g/mol. The zero-order valence-corrected chi connectivity index (χ0v) is 10.6. The maximum absolute atomic E-state index is 4.44. The molecule has 0 saturated carbocycles. The van der Waals surface area contributed by atoms with Gasteiger partial charge in [-0.3, -0.25) is 0 Å². The van der Waals surface area contributed by atoms with Gasteiger partial charge in [0.25, 0.3) is 0 Å². The molecule has 92 valence electrons. The lowest BCUT2D eigenvalue weighted by atomic mass is 10.4. The summed E-state index contributed by atoms with van der Waals surface area (Å²) in [5.74, 6) is 0.978. The zero-order valence-electron chi connectivity index (χ0n) is 10.6. The molecule has 17 heavy (non-hydrogen) atoms. The summed E-state index contributed by atoms with van der Waals surface area (Å²) in [5, 5.41) is 7.70. The van der Waals surface area contributed by atoms with E-state index in [4.69, 9.17) is 0 Å². The maximum atomic E-state index is 4.44. The molecule has 0 saturated heterocycles. The van der Waals surface area contributed by atoms with E-state index in [1.807, 2.05) is 17.6 Å². The van der Waals surface area contributed by atoms with Gasteiger partial charge in [-0.1, -0.05) is 6.92 Å². The third kappa shape index (κ3) is 2.55. The number of nitrogens with zero attached hydrogens (tertiary/aromatic N) is 4. The van der Waals surface area contributed by atoms with Gasteiger partial charge in [-0.05, 0) is 19.5 Å². The summed E-state index contributed by atoms with van der Waals surface area (Å²) in [6.07, 6.45) is 3.67. The molecule has 0 spiro atoms. The summed E-state index contributed by atoms with van der Waals surface area (Å²) < 4.78 is 1.88. The molecule has 5 nitrogen and oxygen atoms in total. The van der Waals surface area contributed by atoms with Gasteiger partial charge < -0.3 is 10.2 Å². The predicted molar refractivity (Wildman–Crippen MR) is 69.5 cm³/mol. The first-order chi connectivity index (χ1) is 8.22. The quantitative estimate of drug-likeness (QED) is 0.785. The van der Waals surface area contributed by atoms with Crippen molar-refractivity contribution in [1.82, 2.24) is 19.9 Å². The van der Waals surface area contributed by atoms with Crippen LogP contribution in [0, 0.1) is 6.92 Å². The standard InChI is InChI=1S/C12H19N5/c1-4-13-5-7-16(3)12-11-9-10(2)15-17(11)8-6-14-12/h6,8-9,13H,4-5,7H2,1-3H3. The lowest BCUT2D eigenvalue weighted by Gasteiger charge is -2.18. The molecule has 0 fully saturated rings. The fourth-order valence-electron chi connectivity index (χ4n) is 1.85. The molecular weight excluding hydrogens is 214 g/mol. The largest absolute Gasteiger partial charge is 0.357 e. The Hall–Kier alpha value is -1.62. The van der Waals surface area contributed by atoms with E-state index in [-0.39, 0.29) is 0 Å². The van der Waals surface area contributed by atoms with Gasteiger partial charge in [-0.25, -0.2) is 9.50 Å². The topological polar surface area (TPSA) is 45.5 Å². The maximum Gasteiger partial charge on any atom is 0.154 e. The minimum atomic E-state index is 0.935. The van der Waals surface area contributed by atoms with Crippen LogP contribution in [0.1, 0.15) is 12.6 Å². The summed E-state index contributed by atoms with van der Waals surface area (Å²) in [5.41, 5.74) is 2.07. The van der Waals surface area contributed by atoms with Crippen LogP contribution in [0.4, 0.5) is 5.82 Å². The van der Waals surface area contributed by atoms with Gasteiger partial charge in [0.2, 0.25) is 0 Å². The van der Waals surface area contributed by atoms with Gasteiger partial charge in [0.1, 0.15) is 5.52 Å². The van der Waals surface area contributed by atoms with Crippen LogP contribution in [0.25, 0.3) is 5.52 Å². The second-order valence-corrected chi connectivity index (χ2v) is 4.14. The number of hydrogen-bond acceptors (Lipinski definition) is 4. The van der Waals surface area contributed by atoms with Gasteiger partial charge >= 0.3 is 0 Å². The van der Waals surface area contributed by atoms with Crippen molar-refractivity contribution in [1.29, 1.82) is 0 Å². The van der Waals surface area contributed by atoms with Crippen LogP contribution in [0.3, 0.4) is 0 Å². The Morgan fingerprint density at radius 2 is 2.29 bits per heavy atom. The average Bonchev–Trinajstić information content (AvgIpc) is 2.69. The van der Waals surface area contributed by atoms with Crippen LogP contribution in [0.5, 0.6) is 0 Å². The molecule has 0 aliphatic rings. The minimum absolute atomic E-state index is 0.935. The fraction of sp³-hybridized carbons (Fsp3) is 0.500. The van der Waals surface area contributed by atoms with Gasteiger partial charge in [0.15, 0.2) is 5.82 Å². The van der Waals surface area contributed by atoms with Crippen molar-refractivity contribution in [2.75, 3.05) is 31.6 Å². The lowest BCUT2D eigenvalue weighted by molar-refractivity contribution is 0.702. The van der Waals surface area contributed by atoms with Crippen molar-refractivity contribution in [3.8, 4) is 0 Å². The fourth-order valence-corrected chi connectivity index (χ4v) is 1.85. The number of nitrogens with one attached hydrogen (secondary N) is 1. The number of aryl methyl sites for hydroxylation is 1. The van der Waals surface area contributed by atoms with Crippen molar-refractivity contribution in [2.45, 2.75) is 13.8 Å². The minimum Gasteiger partial charge on any atom is -0.357 e. The normalized spacial score (nSPS) is 11.0. The van der Waals surface area contributed by atoms with Crippen LogP contribution in [-0.4, -0.2) is 41.3 Å². The van der Waals surface area contributed by atoms with Gasteiger partial charge in [0, 0.05) is 32.5 Å². The smallest absolute Gasteiger partial charge is 0.154 e. The zero-order chi connectivity index (χ0) is 12.3. The third-order valence-electron chi connectivity index (χ3n) is 2.73. The molecule has 2 aromatic heterocycles. The molecule has 0 amide bonds. The number of fused-ring (bicyclic) bond motifs is 1. The Balaban J connectivity index is 2.22. The molecule has 0 bridgehead atoms. The summed E-state index contributed by atoms with van der Waals surface area (Å²) in [7, 11) is 2.06. The number of hydrogen-bond donors (Lipinski definition) is 1. The summed E-state index contributed by atoms with van der Waals surface area (Å²) in [6.45, 7) is 7.00. The summed E-state index contributed by atoms with van der Waals surface area (Å²) in [6, 6.07) is 2.06. The molecule has 2 rings (SSSR count). The molecule has 5 heteroatoms. The van der Waals surface area contributed by atoms with E-state index < -0.39 is 0 Å². The highest BCUT2D eigenvalue weighted by Gasteiger charge is 2.09. The average molecular weight is 233 g/mol. The number of aromatic nitrogens is 3. The number of anilines is 1. The third-order valence-corrected chi connectivity index (χ3v) is 2.73. The van der Waals surface area contributed by atoms with Gasteiger partial charge in [-0.15, -0.1) is 0 Å². The molecule has 0 aliphatic heterocycles. The van der Waals surface area contributed by atoms with E-state index in [0.29, 0.717) is 0 Å². The molecule has 2 aromatic rings. The Labute approximate surface area is 101 Å². The highest BCUT2D eigenvalue weighted by molar-refractivity contribution is 5.68. The van der Waals surface area contributed by atoms with Crippen molar-refractivity contribution >= 4 is 11.3 Å². The van der Waals surface area contributed by atoms with Gasteiger partial charge in [-0.2, -0.15) is 5.10 Å². The highest BCUT2D eigenvalue weighted by atomic mass is 15.3. The van der Waals surface area contributed by atoms with E-state index in [1.54, 1.807) is 6.20 Å². The van der Waals surface area contributed by atoms with E-state index in [9.17, 15) is 0 Å². The molecule has 0 radical (unpaired) electrons. The molecule has 0 aromatic carbocycles. The van der Waals surface area contributed by atoms with Crippen molar-refractivity contribution in [3.63, 3.8) is 0 Å². The molecule has 2 heterocycles. The van der Waals surface area contributed by atoms with E-state index in [0.717, 1.165) is 36.7 Å². The Kier molecular flexibility index (Phi) is 3.58. The van der Waals surface area contributed by atoms with Crippen LogP contribution in [0.2, 0.25) is 0 Å². The first-order valence-electron chi connectivity index (χ1n) is 5.95. The summed E-state index contributed by atoms with van der Waals surface area (Å²) >= 11 is 0. The lowest BCUT2D eigenvalue weighted by Crippen LogP contribution is -2.29. The predicted octanol–water partition coefficient (Wildman–Crippen LogP) is 1.08. The first-order valence-corrected chi connectivity index (χ1v) is 5.95. The van der Waals surface area contributed by atoms with Crippen LogP contribution in [-0.2, 0) is 0 Å². The molecule has 0 unspecified atom stereocenters. The molecule has 1 N–H and O–H groups in total. The first kappa shape index (κ1) is 11.9. The van der Waals surface area contributed by atoms with E-state index >= 15 is 0 Å². The van der Waals surface area contributed by atoms with Crippen molar-refractivity contribution in [2.24, 2.45) is 0 Å². The second-order valence-electron chi connectivity index (χ2n) is 4.14. The SMILES string of the molecule is CCNCCN(C)c1nccn2nc(C)cc12. The van der Waals surface area contributed by atoms with Gasteiger partial charge in [0.05, 0.1) is 5.69 Å². The molecule has 0 atom stereocenters.